The van der Waals surface area contributed by atoms with Crippen molar-refractivity contribution < 1.29 is 31.1 Å². The number of hydrogen-bond acceptors (Lipinski definition) is 5. The molecule has 25 heavy (non-hydrogen) atoms. The van der Waals surface area contributed by atoms with Gasteiger partial charge in [-0.05, 0) is 24.3 Å². The first kappa shape index (κ1) is 16.8. The summed E-state index contributed by atoms with van der Waals surface area (Å²) in [6, 6.07) is 4.40. The quantitative estimate of drug-likeness (QED) is 0.707. The van der Waals surface area contributed by atoms with E-state index in [1.807, 2.05) is 0 Å². The molecule has 2 heterocycles. The number of ether oxygens (including phenoxy) is 1. The summed E-state index contributed by atoms with van der Waals surface area (Å²) in [5, 5.41) is 6.37. The van der Waals surface area contributed by atoms with Crippen molar-refractivity contribution in [3.05, 3.63) is 36.3 Å². The van der Waals surface area contributed by atoms with E-state index in [1.54, 1.807) is 0 Å². The molecule has 3 rings (SSSR count). The molecule has 12 heteroatoms. The fourth-order valence-corrected chi connectivity index (χ4v) is 2.08. The summed E-state index contributed by atoms with van der Waals surface area (Å²) < 4.78 is 79.5. The molecule has 0 spiro atoms. The Hall–Kier alpha value is -3.05. The van der Waals surface area contributed by atoms with Crippen molar-refractivity contribution >= 4 is 11.5 Å². The maximum Gasteiger partial charge on any atom is 0.573 e. The van der Waals surface area contributed by atoms with Crippen LogP contribution in [0.4, 0.5) is 32.2 Å². The van der Waals surface area contributed by atoms with E-state index in [1.165, 1.54) is 12.1 Å². The van der Waals surface area contributed by atoms with Gasteiger partial charge in [-0.25, -0.2) is 4.98 Å². The molecule has 6 nitrogen and oxygen atoms in total. The summed E-state index contributed by atoms with van der Waals surface area (Å²) in [5.74, 6) is -2.09. The van der Waals surface area contributed by atoms with Crippen molar-refractivity contribution in [3.8, 4) is 17.0 Å². The van der Waals surface area contributed by atoms with Gasteiger partial charge < -0.3 is 10.5 Å². The van der Waals surface area contributed by atoms with Gasteiger partial charge in [-0.15, -0.1) is 23.4 Å². The number of halogens is 6. The van der Waals surface area contributed by atoms with Gasteiger partial charge in [0.1, 0.15) is 5.75 Å². The second-order valence-corrected chi connectivity index (χ2v) is 4.80. The highest BCUT2D eigenvalue weighted by Crippen LogP contribution is 2.31. The van der Waals surface area contributed by atoms with Gasteiger partial charge in [-0.1, -0.05) is 0 Å². The molecular formula is C13H7F6N5O. The third-order valence-electron chi connectivity index (χ3n) is 3.05. The smallest absolute Gasteiger partial charge is 0.406 e. The maximum atomic E-state index is 12.9. The Bertz CT molecular complexity index is 916. The first-order chi connectivity index (χ1) is 11.5. The van der Waals surface area contributed by atoms with Crippen LogP contribution in [-0.2, 0) is 6.18 Å². The number of nitrogen functional groups attached to an aromatic ring is 1. The fourth-order valence-electron chi connectivity index (χ4n) is 2.08. The summed E-state index contributed by atoms with van der Waals surface area (Å²) in [7, 11) is 0. The summed E-state index contributed by atoms with van der Waals surface area (Å²) >= 11 is 0. The van der Waals surface area contributed by atoms with Crippen LogP contribution in [0.2, 0.25) is 0 Å². The Morgan fingerprint density at radius 2 is 1.60 bits per heavy atom. The molecule has 0 saturated carbocycles. The number of anilines is 1. The van der Waals surface area contributed by atoms with Crippen LogP contribution in [-0.4, -0.2) is 25.9 Å². The minimum absolute atomic E-state index is 0.00569. The van der Waals surface area contributed by atoms with Gasteiger partial charge in [0.2, 0.25) is 11.5 Å². The Balaban J connectivity index is 2.04. The molecule has 0 saturated heterocycles. The van der Waals surface area contributed by atoms with E-state index in [0.29, 0.717) is 4.40 Å². The third-order valence-corrected chi connectivity index (χ3v) is 3.05. The van der Waals surface area contributed by atoms with Crippen LogP contribution < -0.4 is 10.5 Å². The Morgan fingerprint density at radius 1 is 0.960 bits per heavy atom. The zero-order valence-electron chi connectivity index (χ0n) is 11.9. The van der Waals surface area contributed by atoms with Gasteiger partial charge in [-0.2, -0.15) is 13.2 Å². The van der Waals surface area contributed by atoms with Crippen LogP contribution >= 0.6 is 0 Å². The van der Waals surface area contributed by atoms with Crippen LogP contribution in [0.5, 0.6) is 5.75 Å². The predicted molar refractivity (Wildman–Crippen MR) is 72.3 cm³/mol. The minimum Gasteiger partial charge on any atom is -0.406 e. The van der Waals surface area contributed by atoms with Gasteiger partial charge in [0, 0.05) is 11.8 Å². The number of aromatic nitrogens is 4. The van der Waals surface area contributed by atoms with E-state index in [-0.39, 0.29) is 22.7 Å². The number of hydrogen-bond donors (Lipinski definition) is 1. The van der Waals surface area contributed by atoms with Crippen LogP contribution in [0.3, 0.4) is 0 Å². The standard InChI is InChI=1S/C13H7F6N5O/c14-12(15,16)11-23-22-10-9(20)21-8(5-24(10)11)6-1-3-7(4-2-6)25-13(17,18)19/h1-5H,(H2,20,21). The highest BCUT2D eigenvalue weighted by molar-refractivity contribution is 5.67. The van der Waals surface area contributed by atoms with E-state index in [4.69, 9.17) is 5.73 Å². The van der Waals surface area contributed by atoms with E-state index in [0.717, 1.165) is 18.3 Å². The normalized spacial score (nSPS) is 12.6. The van der Waals surface area contributed by atoms with Crippen LogP contribution in [0.1, 0.15) is 5.82 Å². The van der Waals surface area contributed by atoms with E-state index < -0.39 is 24.1 Å². The number of benzene rings is 1. The molecule has 0 aliphatic heterocycles. The van der Waals surface area contributed by atoms with Crippen molar-refractivity contribution in [2.45, 2.75) is 12.5 Å². The number of alkyl halides is 6. The number of fused-ring (bicyclic) bond motifs is 1. The van der Waals surface area contributed by atoms with Crippen molar-refractivity contribution in [2.24, 2.45) is 0 Å². The van der Waals surface area contributed by atoms with Crippen molar-refractivity contribution in [1.29, 1.82) is 0 Å². The lowest BCUT2D eigenvalue weighted by Gasteiger charge is -2.10. The minimum atomic E-state index is -4.85. The number of rotatable bonds is 2. The van der Waals surface area contributed by atoms with E-state index in [9.17, 15) is 26.3 Å². The molecule has 0 unspecified atom stereocenters. The van der Waals surface area contributed by atoms with Gasteiger partial charge in [0.05, 0.1) is 5.69 Å². The molecule has 0 fully saturated rings. The number of nitrogens with two attached hydrogens (primary N) is 1. The Kier molecular flexibility index (Phi) is 3.69. The summed E-state index contributed by atoms with van der Waals surface area (Å²) in [4.78, 5) is 3.90. The second kappa shape index (κ2) is 5.50. The van der Waals surface area contributed by atoms with E-state index >= 15 is 0 Å². The largest absolute Gasteiger partial charge is 0.573 e. The lowest BCUT2D eigenvalue weighted by molar-refractivity contribution is -0.274. The molecule has 0 radical (unpaired) electrons. The molecule has 2 aromatic heterocycles. The summed E-state index contributed by atoms with van der Waals surface area (Å²) in [5.41, 5.74) is 5.53. The molecule has 0 bridgehead atoms. The molecule has 0 amide bonds. The first-order valence-electron chi connectivity index (χ1n) is 6.49. The van der Waals surface area contributed by atoms with E-state index in [2.05, 4.69) is 19.9 Å². The highest BCUT2D eigenvalue weighted by atomic mass is 19.4. The zero-order valence-corrected chi connectivity index (χ0v) is 11.9. The monoisotopic (exact) mass is 363 g/mol. The van der Waals surface area contributed by atoms with Crippen LogP contribution in [0.25, 0.3) is 16.9 Å². The maximum absolute atomic E-state index is 12.9. The molecule has 2 N–H and O–H groups in total. The van der Waals surface area contributed by atoms with Crippen molar-refractivity contribution in [1.82, 2.24) is 19.6 Å². The lowest BCUT2D eigenvalue weighted by Crippen LogP contribution is -2.16. The first-order valence-corrected chi connectivity index (χ1v) is 6.49. The highest BCUT2D eigenvalue weighted by Gasteiger charge is 2.37. The van der Waals surface area contributed by atoms with Crippen LogP contribution in [0, 0.1) is 0 Å². The van der Waals surface area contributed by atoms with Gasteiger partial charge >= 0.3 is 12.5 Å². The SMILES string of the molecule is Nc1nc(-c2ccc(OC(F)(F)F)cc2)cn2c(C(F)(F)F)nnc12. The Labute approximate surface area is 134 Å². The zero-order chi connectivity index (χ0) is 18.4. The molecular weight excluding hydrogens is 356 g/mol. The predicted octanol–water partition coefficient (Wildman–Crippen LogP) is 3.29. The fraction of sp³-hybridized carbons (Fsp3) is 0.154. The van der Waals surface area contributed by atoms with Gasteiger partial charge in [0.25, 0.3) is 0 Å². The molecule has 1 aromatic carbocycles. The second-order valence-electron chi connectivity index (χ2n) is 4.80. The Morgan fingerprint density at radius 3 is 2.16 bits per heavy atom. The lowest BCUT2D eigenvalue weighted by atomic mass is 10.1. The summed E-state index contributed by atoms with van der Waals surface area (Å²) in [6.07, 6.45) is -8.63. The topological polar surface area (TPSA) is 78.3 Å². The molecule has 3 aromatic rings. The average Bonchev–Trinajstić information content (AvgIpc) is 2.91. The average molecular weight is 363 g/mol. The molecule has 132 valence electrons. The molecule has 0 atom stereocenters. The summed E-state index contributed by atoms with van der Waals surface area (Å²) in [6.45, 7) is 0. The van der Waals surface area contributed by atoms with Crippen LogP contribution in [0.15, 0.2) is 30.5 Å². The van der Waals surface area contributed by atoms with Gasteiger partial charge in [-0.3, -0.25) is 4.40 Å². The molecule has 0 aliphatic carbocycles. The third kappa shape index (κ3) is 3.41. The van der Waals surface area contributed by atoms with Gasteiger partial charge in [0.15, 0.2) is 5.82 Å². The van der Waals surface area contributed by atoms with Crippen molar-refractivity contribution in [2.75, 3.05) is 5.73 Å². The molecule has 0 aliphatic rings. The van der Waals surface area contributed by atoms with Crippen molar-refractivity contribution in [3.63, 3.8) is 0 Å². The number of nitrogens with zero attached hydrogens (tertiary/aromatic N) is 4.